The predicted molar refractivity (Wildman–Crippen MR) is 111 cm³/mol. The van der Waals surface area contributed by atoms with E-state index in [1.165, 1.54) is 6.07 Å². The van der Waals surface area contributed by atoms with E-state index >= 15 is 0 Å². The molecule has 2 aromatic heterocycles. The van der Waals surface area contributed by atoms with Gasteiger partial charge in [0.2, 0.25) is 5.95 Å². The number of aromatic amines is 1. The molecule has 0 aliphatic carbocycles. The lowest BCUT2D eigenvalue weighted by Gasteiger charge is -2.27. The zero-order valence-corrected chi connectivity index (χ0v) is 17.5. The Hall–Kier alpha value is -2.38. The lowest BCUT2D eigenvalue weighted by molar-refractivity contribution is 0.171. The maximum atomic E-state index is 13.3. The Morgan fingerprint density at radius 1 is 1.24 bits per heavy atom. The third-order valence-corrected chi connectivity index (χ3v) is 5.63. The molecule has 3 aromatic rings. The monoisotopic (exact) mass is 435 g/mol. The van der Waals surface area contributed by atoms with E-state index in [1.54, 1.807) is 23.1 Å². The van der Waals surface area contributed by atoms with Crippen molar-refractivity contribution in [2.24, 2.45) is 0 Å². The fourth-order valence-corrected chi connectivity index (χ4v) is 4.28. The number of rotatable bonds is 5. The molecule has 0 radical (unpaired) electrons. The fraction of sp³-hybridized carbons (Fsp3) is 0.350. The standard InChI is InChI=1S/C20H20Cl2FN5O/c1-11(2)28-14(7-12-3-4-13(21)8-15(12)22)9-27(20(28)29)10-18-24-16-5-6-17(23)25-19(16)26-18/h3-6,8,11,14H,7,9-10H2,1-2H3,(H,24,25,26). The van der Waals surface area contributed by atoms with Crippen LogP contribution in [-0.4, -0.2) is 49.4 Å². The summed E-state index contributed by atoms with van der Waals surface area (Å²) in [4.78, 5) is 27.9. The first kappa shape index (κ1) is 19.9. The summed E-state index contributed by atoms with van der Waals surface area (Å²) in [5.74, 6) is -0.00355. The van der Waals surface area contributed by atoms with Gasteiger partial charge in [0, 0.05) is 22.6 Å². The SMILES string of the molecule is CC(C)N1C(=O)N(Cc2nc3ccc(F)nc3[nH]2)CC1Cc1ccc(Cl)cc1Cl. The molecule has 1 aliphatic rings. The minimum atomic E-state index is -0.573. The summed E-state index contributed by atoms with van der Waals surface area (Å²) in [6, 6.07) is 8.20. The highest BCUT2D eigenvalue weighted by atomic mass is 35.5. The zero-order chi connectivity index (χ0) is 20.7. The molecule has 4 rings (SSSR count). The Kier molecular flexibility index (Phi) is 5.36. The van der Waals surface area contributed by atoms with E-state index in [9.17, 15) is 9.18 Å². The summed E-state index contributed by atoms with van der Waals surface area (Å²) in [5, 5.41) is 1.18. The molecule has 1 N–H and O–H groups in total. The second kappa shape index (κ2) is 7.80. The molecular weight excluding hydrogens is 416 g/mol. The number of amides is 2. The number of halogens is 3. The molecule has 29 heavy (non-hydrogen) atoms. The number of fused-ring (bicyclic) bond motifs is 1. The number of carbonyl (C=O) groups is 1. The lowest BCUT2D eigenvalue weighted by atomic mass is 10.0. The number of nitrogens with zero attached hydrogens (tertiary/aromatic N) is 4. The first-order valence-corrected chi connectivity index (χ1v) is 10.1. The second-order valence-electron chi connectivity index (χ2n) is 7.44. The van der Waals surface area contributed by atoms with Gasteiger partial charge in [0.25, 0.3) is 0 Å². The molecule has 152 valence electrons. The number of urea groups is 1. The fourth-order valence-electron chi connectivity index (χ4n) is 3.79. The van der Waals surface area contributed by atoms with Crippen molar-refractivity contribution in [2.45, 2.75) is 38.9 Å². The van der Waals surface area contributed by atoms with Crippen LogP contribution in [0.3, 0.4) is 0 Å². The molecule has 1 saturated heterocycles. The smallest absolute Gasteiger partial charge is 0.321 e. The molecule has 1 aliphatic heterocycles. The minimum absolute atomic E-state index is 0.0267. The van der Waals surface area contributed by atoms with E-state index in [-0.39, 0.29) is 18.1 Å². The number of imidazole rings is 1. The van der Waals surface area contributed by atoms with E-state index in [0.717, 1.165) is 5.56 Å². The van der Waals surface area contributed by atoms with Gasteiger partial charge in [-0.25, -0.2) is 9.78 Å². The molecule has 1 fully saturated rings. The highest BCUT2D eigenvalue weighted by molar-refractivity contribution is 6.35. The number of hydrogen-bond donors (Lipinski definition) is 1. The van der Waals surface area contributed by atoms with Crippen LogP contribution in [0.5, 0.6) is 0 Å². The minimum Gasteiger partial charge on any atom is -0.325 e. The Morgan fingerprint density at radius 2 is 2.03 bits per heavy atom. The van der Waals surface area contributed by atoms with Crippen LogP contribution in [0.4, 0.5) is 9.18 Å². The van der Waals surface area contributed by atoms with Crippen molar-refractivity contribution in [3.63, 3.8) is 0 Å². The topological polar surface area (TPSA) is 65.1 Å². The Labute approximate surface area is 177 Å². The van der Waals surface area contributed by atoms with Gasteiger partial charge in [0.15, 0.2) is 5.65 Å². The molecule has 0 bridgehead atoms. The number of hydrogen-bond acceptors (Lipinski definition) is 3. The summed E-state index contributed by atoms with van der Waals surface area (Å²) >= 11 is 12.3. The van der Waals surface area contributed by atoms with Crippen LogP contribution >= 0.6 is 23.2 Å². The van der Waals surface area contributed by atoms with Gasteiger partial charge in [0.1, 0.15) is 11.3 Å². The van der Waals surface area contributed by atoms with Gasteiger partial charge in [-0.05, 0) is 50.1 Å². The summed E-state index contributed by atoms with van der Waals surface area (Å²) in [6.07, 6.45) is 0.628. The van der Waals surface area contributed by atoms with Gasteiger partial charge in [0.05, 0.1) is 12.6 Å². The van der Waals surface area contributed by atoms with Crippen molar-refractivity contribution in [3.05, 3.63) is 57.7 Å². The number of H-pyrrole nitrogens is 1. The number of benzene rings is 1. The largest absolute Gasteiger partial charge is 0.325 e. The Morgan fingerprint density at radius 3 is 2.76 bits per heavy atom. The van der Waals surface area contributed by atoms with Crippen molar-refractivity contribution in [3.8, 4) is 0 Å². The van der Waals surface area contributed by atoms with Crippen LogP contribution in [0.2, 0.25) is 10.0 Å². The lowest BCUT2D eigenvalue weighted by Crippen LogP contribution is -2.41. The maximum absolute atomic E-state index is 13.3. The van der Waals surface area contributed by atoms with E-state index < -0.39 is 5.95 Å². The van der Waals surface area contributed by atoms with Crippen LogP contribution in [0.15, 0.2) is 30.3 Å². The summed E-state index contributed by atoms with van der Waals surface area (Å²) in [5.41, 5.74) is 1.89. The number of aromatic nitrogens is 3. The second-order valence-corrected chi connectivity index (χ2v) is 8.29. The Bertz CT molecular complexity index is 1070. The van der Waals surface area contributed by atoms with Gasteiger partial charge in [-0.15, -0.1) is 0 Å². The first-order chi connectivity index (χ1) is 13.8. The van der Waals surface area contributed by atoms with E-state index in [0.29, 0.717) is 46.5 Å². The molecular formula is C20H20Cl2FN5O. The molecule has 6 nitrogen and oxygen atoms in total. The number of carbonyl (C=O) groups excluding carboxylic acids is 1. The van der Waals surface area contributed by atoms with Crippen molar-refractivity contribution in [1.82, 2.24) is 24.8 Å². The average molecular weight is 436 g/mol. The zero-order valence-electron chi connectivity index (χ0n) is 16.0. The molecule has 2 amide bonds. The molecule has 9 heteroatoms. The number of nitrogens with one attached hydrogen (secondary N) is 1. The van der Waals surface area contributed by atoms with Gasteiger partial charge < -0.3 is 14.8 Å². The predicted octanol–water partition coefficient (Wildman–Crippen LogP) is 4.66. The van der Waals surface area contributed by atoms with Gasteiger partial charge in [-0.2, -0.15) is 9.37 Å². The summed E-state index contributed by atoms with van der Waals surface area (Å²) < 4.78 is 13.3. The van der Waals surface area contributed by atoms with Crippen LogP contribution in [0.1, 0.15) is 25.2 Å². The van der Waals surface area contributed by atoms with Crippen LogP contribution in [0, 0.1) is 5.95 Å². The highest BCUT2D eigenvalue weighted by Crippen LogP contribution is 2.28. The Balaban J connectivity index is 1.55. The normalized spacial score (nSPS) is 17.2. The van der Waals surface area contributed by atoms with E-state index in [1.807, 2.05) is 24.8 Å². The average Bonchev–Trinajstić information content (AvgIpc) is 3.17. The van der Waals surface area contributed by atoms with Gasteiger partial charge >= 0.3 is 6.03 Å². The number of pyridine rings is 1. The third kappa shape index (κ3) is 4.02. The van der Waals surface area contributed by atoms with Crippen LogP contribution < -0.4 is 0 Å². The first-order valence-electron chi connectivity index (χ1n) is 9.34. The molecule has 1 aromatic carbocycles. The molecule has 0 spiro atoms. The molecule has 3 heterocycles. The van der Waals surface area contributed by atoms with Crippen LogP contribution in [0.25, 0.3) is 11.2 Å². The third-order valence-electron chi connectivity index (χ3n) is 5.04. The van der Waals surface area contributed by atoms with Gasteiger partial charge in [-0.3, -0.25) is 0 Å². The van der Waals surface area contributed by atoms with Crippen molar-refractivity contribution < 1.29 is 9.18 Å². The maximum Gasteiger partial charge on any atom is 0.321 e. The quantitative estimate of drug-likeness (QED) is 0.592. The summed E-state index contributed by atoms with van der Waals surface area (Å²) in [6.45, 7) is 4.82. The van der Waals surface area contributed by atoms with E-state index in [4.69, 9.17) is 23.2 Å². The van der Waals surface area contributed by atoms with Gasteiger partial charge in [-0.1, -0.05) is 29.3 Å². The summed E-state index contributed by atoms with van der Waals surface area (Å²) in [7, 11) is 0. The van der Waals surface area contributed by atoms with E-state index in [2.05, 4.69) is 15.0 Å². The molecule has 1 unspecified atom stereocenters. The van der Waals surface area contributed by atoms with Crippen molar-refractivity contribution in [1.29, 1.82) is 0 Å². The van der Waals surface area contributed by atoms with Crippen molar-refractivity contribution in [2.75, 3.05) is 6.54 Å². The molecule has 0 saturated carbocycles. The van der Waals surface area contributed by atoms with Crippen LogP contribution in [-0.2, 0) is 13.0 Å². The molecule has 1 atom stereocenters. The highest BCUT2D eigenvalue weighted by Gasteiger charge is 2.39. The van der Waals surface area contributed by atoms with Crippen molar-refractivity contribution >= 4 is 40.4 Å².